The Kier molecular flexibility index (Phi) is 7.83. The fourth-order valence-electron chi connectivity index (χ4n) is 1.08. The normalized spacial score (nSPS) is 10.0. The van der Waals surface area contributed by atoms with Gasteiger partial charge in [0.05, 0.1) is 0 Å². The smallest absolute Gasteiger partial charge is 0.330 e. The van der Waals surface area contributed by atoms with E-state index in [1.807, 2.05) is 0 Å². The molecular weight excluding hydrogens is 298 g/mol. The predicted molar refractivity (Wildman–Crippen MR) is 73.2 cm³/mol. The van der Waals surface area contributed by atoms with Crippen LogP contribution in [0.5, 0.6) is 0 Å². The maximum atomic E-state index is 11.3. The van der Waals surface area contributed by atoms with E-state index < -0.39 is 48.2 Å². The number of esters is 3. The molecule has 0 unspecified atom stereocenters. The second-order valence-corrected chi connectivity index (χ2v) is 3.92. The van der Waals surface area contributed by atoms with Crippen molar-refractivity contribution in [3.63, 3.8) is 0 Å². The number of nitrogens with zero attached hydrogens (tertiary/aromatic N) is 1. The van der Waals surface area contributed by atoms with Gasteiger partial charge < -0.3 is 14.2 Å². The van der Waals surface area contributed by atoms with Crippen LogP contribution in [0.15, 0.2) is 38.0 Å². The molecule has 0 aromatic rings. The van der Waals surface area contributed by atoms with E-state index in [4.69, 9.17) is 0 Å². The Labute approximate surface area is 126 Å². The number of carbonyl (C=O) groups is 3. The van der Waals surface area contributed by atoms with Crippen LogP contribution >= 0.6 is 0 Å². The van der Waals surface area contributed by atoms with Gasteiger partial charge in [-0.05, 0) is 0 Å². The van der Waals surface area contributed by atoms with Crippen LogP contribution in [0.2, 0.25) is 0 Å². The quantitative estimate of drug-likeness (QED) is 0.184. The van der Waals surface area contributed by atoms with Crippen molar-refractivity contribution in [1.82, 2.24) is 0 Å². The van der Waals surface area contributed by atoms with Crippen molar-refractivity contribution in [2.75, 3.05) is 19.8 Å². The Morgan fingerprint density at radius 2 is 1.14 bits per heavy atom. The van der Waals surface area contributed by atoms with E-state index in [1.54, 1.807) is 0 Å². The maximum Gasteiger partial charge on any atom is 0.330 e. The van der Waals surface area contributed by atoms with Gasteiger partial charge in [-0.15, -0.1) is 0 Å². The zero-order valence-corrected chi connectivity index (χ0v) is 11.7. The van der Waals surface area contributed by atoms with Crippen molar-refractivity contribution < 1.29 is 33.5 Å². The highest BCUT2D eigenvalue weighted by atomic mass is 16.7. The highest BCUT2D eigenvalue weighted by Crippen LogP contribution is 2.14. The molecule has 0 heterocycles. The monoisotopic (exact) mass is 313 g/mol. The fraction of sp³-hybridized carbons (Fsp3) is 0.308. The molecule has 22 heavy (non-hydrogen) atoms. The topological polar surface area (TPSA) is 122 Å². The van der Waals surface area contributed by atoms with Crippen molar-refractivity contribution in [3.05, 3.63) is 48.1 Å². The molecule has 0 radical (unpaired) electrons. The fourth-order valence-corrected chi connectivity index (χ4v) is 1.08. The Balaban J connectivity index is 5.18. The summed E-state index contributed by atoms with van der Waals surface area (Å²) in [5, 5.41) is 11.3. The minimum Gasteiger partial charge on any atom is -0.455 e. The number of hydrogen-bond acceptors (Lipinski definition) is 8. The van der Waals surface area contributed by atoms with Gasteiger partial charge in [0, 0.05) is 23.2 Å². The molecule has 0 aromatic heterocycles. The molecule has 0 fully saturated rings. The summed E-state index contributed by atoms with van der Waals surface area (Å²) in [6.07, 6.45) is 2.41. The SMILES string of the molecule is C=CC(=O)OCC(COC(=O)C=C)(COC(=O)C=C)[N+](=O)[O-]. The molecule has 0 saturated heterocycles. The summed E-state index contributed by atoms with van der Waals surface area (Å²) in [6, 6.07) is 0. The van der Waals surface area contributed by atoms with E-state index in [0.717, 1.165) is 18.2 Å². The molecular formula is C13H15NO8. The lowest BCUT2D eigenvalue weighted by atomic mass is 10.0. The first kappa shape index (κ1) is 19.0. The zero-order chi connectivity index (χ0) is 17.2. The van der Waals surface area contributed by atoms with Crippen LogP contribution in [0, 0.1) is 10.1 Å². The standard InChI is InChI=1S/C13H15NO8/c1-4-10(15)20-7-13(14(18)19,8-21-11(16)5-2)9-22-12(17)6-3/h4-6H,1-3,7-9H2. The summed E-state index contributed by atoms with van der Waals surface area (Å²) in [5.74, 6) is -2.76. The Morgan fingerprint density at radius 1 is 0.864 bits per heavy atom. The van der Waals surface area contributed by atoms with Gasteiger partial charge in [0.15, 0.2) is 19.8 Å². The molecule has 0 rings (SSSR count). The van der Waals surface area contributed by atoms with Gasteiger partial charge in [-0.1, -0.05) is 19.7 Å². The van der Waals surface area contributed by atoms with Crippen LogP contribution in [0.25, 0.3) is 0 Å². The lowest BCUT2D eigenvalue weighted by Crippen LogP contribution is -2.52. The molecule has 0 saturated carbocycles. The molecule has 0 amide bonds. The second kappa shape index (κ2) is 9.06. The molecule has 0 aliphatic carbocycles. The highest BCUT2D eigenvalue weighted by molar-refractivity contribution is 5.82. The van der Waals surface area contributed by atoms with Gasteiger partial charge in [0.2, 0.25) is 0 Å². The summed E-state index contributed by atoms with van der Waals surface area (Å²) in [6.45, 7) is 7.04. The summed E-state index contributed by atoms with van der Waals surface area (Å²) < 4.78 is 13.9. The van der Waals surface area contributed by atoms with E-state index in [2.05, 4.69) is 33.9 Å². The van der Waals surface area contributed by atoms with Crippen molar-refractivity contribution in [2.45, 2.75) is 5.54 Å². The van der Waals surface area contributed by atoms with Crippen molar-refractivity contribution in [2.24, 2.45) is 0 Å². The summed E-state index contributed by atoms with van der Waals surface area (Å²) in [7, 11) is 0. The number of carbonyl (C=O) groups excluding carboxylic acids is 3. The van der Waals surface area contributed by atoms with Gasteiger partial charge in [-0.3, -0.25) is 10.1 Å². The van der Waals surface area contributed by atoms with Gasteiger partial charge in [0.1, 0.15) is 0 Å². The number of ether oxygens (including phenoxy) is 3. The van der Waals surface area contributed by atoms with E-state index in [1.165, 1.54) is 0 Å². The van der Waals surface area contributed by atoms with Crippen molar-refractivity contribution in [3.8, 4) is 0 Å². The van der Waals surface area contributed by atoms with Crippen molar-refractivity contribution >= 4 is 17.9 Å². The molecule has 0 atom stereocenters. The average molecular weight is 313 g/mol. The molecule has 9 nitrogen and oxygen atoms in total. The molecule has 0 N–H and O–H groups in total. The molecule has 0 aliphatic rings. The van der Waals surface area contributed by atoms with E-state index >= 15 is 0 Å². The van der Waals surface area contributed by atoms with Crippen LogP contribution in [-0.2, 0) is 28.6 Å². The lowest BCUT2D eigenvalue weighted by molar-refractivity contribution is -0.579. The van der Waals surface area contributed by atoms with E-state index in [0.29, 0.717) is 0 Å². The van der Waals surface area contributed by atoms with E-state index in [9.17, 15) is 24.5 Å². The maximum absolute atomic E-state index is 11.3. The van der Waals surface area contributed by atoms with Gasteiger partial charge in [0.25, 0.3) is 0 Å². The van der Waals surface area contributed by atoms with Crippen molar-refractivity contribution in [1.29, 1.82) is 0 Å². The second-order valence-electron chi connectivity index (χ2n) is 3.92. The minimum absolute atomic E-state index is 0.792. The third-order valence-corrected chi connectivity index (χ3v) is 2.34. The largest absolute Gasteiger partial charge is 0.455 e. The number of nitro groups is 1. The zero-order valence-electron chi connectivity index (χ0n) is 11.7. The first-order chi connectivity index (χ1) is 10.3. The van der Waals surface area contributed by atoms with Gasteiger partial charge in [-0.2, -0.15) is 0 Å². The number of hydrogen-bond donors (Lipinski definition) is 0. The van der Waals surface area contributed by atoms with Crippen LogP contribution in [-0.4, -0.2) is 48.2 Å². The molecule has 0 spiro atoms. The molecule has 0 bridgehead atoms. The van der Waals surface area contributed by atoms with Gasteiger partial charge in [-0.25, -0.2) is 14.4 Å². The third-order valence-electron chi connectivity index (χ3n) is 2.34. The lowest BCUT2D eigenvalue weighted by Gasteiger charge is -2.23. The first-order valence-electron chi connectivity index (χ1n) is 5.83. The average Bonchev–Trinajstić information content (AvgIpc) is 2.52. The third kappa shape index (κ3) is 5.99. The summed E-state index contributed by atoms with van der Waals surface area (Å²) in [5.41, 5.74) is -2.16. The summed E-state index contributed by atoms with van der Waals surface area (Å²) in [4.78, 5) is 43.6. The molecule has 9 heteroatoms. The molecule has 0 aliphatic heterocycles. The van der Waals surface area contributed by atoms with Crippen LogP contribution in [0.4, 0.5) is 0 Å². The summed E-state index contributed by atoms with van der Waals surface area (Å²) >= 11 is 0. The molecule has 120 valence electrons. The predicted octanol–water partition coefficient (Wildman–Crippen LogP) is 0.190. The Morgan fingerprint density at radius 3 is 1.32 bits per heavy atom. The van der Waals surface area contributed by atoms with E-state index in [-0.39, 0.29) is 0 Å². The Hall–Kier alpha value is -2.97. The number of rotatable bonds is 10. The minimum atomic E-state index is -2.16. The van der Waals surface area contributed by atoms with Crippen LogP contribution < -0.4 is 0 Å². The molecule has 0 aromatic carbocycles. The van der Waals surface area contributed by atoms with Crippen LogP contribution in [0.3, 0.4) is 0 Å². The highest BCUT2D eigenvalue weighted by Gasteiger charge is 2.48. The van der Waals surface area contributed by atoms with Gasteiger partial charge >= 0.3 is 23.4 Å². The Bertz CT molecular complexity index is 436. The first-order valence-corrected chi connectivity index (χ1v) is 5.83. The van der Waals surface area contributed by atoms with Crippen LogP contribution in [0.1, 0.15) is 0 Å².